The van der Waals surface area contributed by atoms with Crippen LogP contribution in [0.2, 0.25) is 0 Å². The van der Waals surface area contributed by atoms with E-state index in [1.807, 2.05) is 0 Å². The van der Waals surface area contributed by atoms with Crippen molar-refractivity contribution in [1.29, 1.82) is 0 Å². The van der Waals surface area contributed by atoms with Crippen molar-refractivity contribution in [1.82, 2.24) is 9.97 Å². The number of aromatic nitrogens is 2. The van der Waals surface area contributed by atoms with E-state index in [1.54, 1.807) is 6.07 Å². The highest BCUT2D eigenvalue weighted by Crippen LogP contribution is 2.09. The van der Waals surface area contributed by atoms with Gasteiger partial charge in [-0.2, -0.15) is 0 Å². The molecule has 0 aliphatic rings. The monoisotopic (exact) mass is 168 g/mol. The quantitative estimate of drug-likeness (QED) is 0.662. The molecule has 1 aromatic rings. The largest absolute Gasteiger partial charge is 0.481 e. The lowest BCUT2D eigenvalue weighted by Gasteiger charge is -2.03. The van der Waals surface area contributed by atoms with Crippen molar-refractivity contribution in [3.63, 3.8) is 0 Å². The summed E-state index contributed by atoms with van der Waals surface area (Å²) in [7, 11) is 0. The van der Waals surface area contributed by atoms with Crippen molar-refractivity contribution in [3.8, 4) is 0 Å². The van der Waals surface area contributed by atoms with Gasteiger partial charge < -0.3 is 10.2 Å². The molecule has 1 atom stereocenters. The number of nitrogens with zero attached hydrogens (tertiary/aromatic N) is 2. The molecule has 5 heteroatoms. The summed E-state index contributed by atoms with van der Waals surface area (Å²) in [6, 6.07) is 1.59. The van der Waals surface area contributed by atoms with E-state index in [-0.39, 0.29) is 12.2 Å². The van der Waals surface area contributed by atoms with Gasteiger partial charge in [-0.25, -0.2) is 9.97 Å². The van der Waals surface area contributed by atoms with Crippen LogP contribution in [-0.4, -0.2) is 26.2 Å². The van der Waals surface area contributed by atoms with Gasteiger partial charge in [0, 0.05) is 12.4 Å². The van der Waals surface area contributed by atoms with Gasteiger partial charge in [-0.3, -0.25) is 4.79 Å². The first-order chi connectivity index (χ1) is 5.70. The van der Waals surface area contributed by atoms with E-state index in [9.17, 15) is 9.90 Å². The van der Waals surface area contributed by atoms with Gasteiger partial charge in [0.1, 0.15) is 6.10 Å². The van der Waals surface area contributed by atoms with Crippen molar-refractivity contribution >= 4 is 5.97 Å². The maximum absolute atomic E-state index is 10.2. The van der Waals surface area contributed by atoms with Gasteiger partial charge >= 0.3 is 5.97 Å². The molecule has 64 valence electrons. The molecule has 0 saturated heterocycles. The summed E-state index contributed by atoms with van der Waals surface area (Å²) in [5.41, 5.74) is 0. The Labute approximate surface area is 68.7 Å². The maximum Gasteiger partial charge on any atom is 0.306 e. The van der Waals surface area contributed by atoms with Crippen LogP contribution < -0.4 is 0 Å². The third-order valence-corrected chi connectivity index (χ3v) is 1.25. The van der Waals surface area contributed by atoms with Gasteiger partial charge in [0.05, 0.1) is 6.42 Å². The van der Waals surface area contributed by atoms with Gasteiger partial charge in [-0.15, -0.1) is 0 Å². The lowest BCUT2D eigenvalue weighted by Crippen LogP contribution is -2.08. The molecule has 0 bridgehead atoms. The summed E-state index contributed by atoms with van der Waals surface area (Å²) >= 11 is 0. The molecule has 0 spiro atoms. The van der Waals surface area contributed by atoms with Gasteiger partial charge in [0.2, 0.25) is 0 Å². The highest BCUT2D eigenvalue weighted by Gasteiger charge is 2.13. The fourth-order valence-electron chi connectivity index (χ4n) is 0.739. The van der Waals surface area contributed by atoms with E-state index in [4.69, 9.17) is 5.11 Å². The number of carboxylic acid groups (broad SMARTS) is 1. The number of hydrogen-bond donors (Lipinski definition) is 2. The molecule has 2 N–H and O–H groups in total. The van der Waals surface area contributed by atoms with Crippen LogP contribution in [0.1, 0.15) is 18.3 Å². The van der Waals surface area contributed by atoms with Crippen LogP contribution in [0.4, 0.5) is 0 Å². The number of hydrogen-bond acceptors (Lipinski definition) is 4. The second kappa shape index (κ2) is 3.77. The molecular weight excluding hydrogens is 160 g/mol. The molecule has 0 fully saturated rings. The molecule has 1 rings (SSSR count). The van der Waals surface area contributed by atoms with E-state index >= 15 is 0 Å². The van der Waals surface area contributed by atoms with Gasteiger partial charge in [-0.1, -0.05) is 0 Å². The molecule has 0 aromatic carbocycles. The van der Waals surface area contributed by atoms with E-state index < -0.39 is 12.1 Å². The summed E-state index contributed by atoms with van der Waals surface area (Å²) < 4.78 is 0. The number of rotatable bonds is 3. The number of carbonyl (C=O) groups is 1. The van der Waals surface area contributed by atoms with Gasteiger partial charge in [0.15, 0.2) is 5.82 Å². The Morgan fingerprint density at radius 2 is 2.08 bits per heavy atom. The minimum atomic E-state index is -1.12. The van der Waals surface area contributed by atoms with Crippen LogP contribution in [0.5, 0.6) is 0 Å². The number of aliphatic hydroxyl groups is 1. The van der Waals surface area contributed by atoms with Crippen molar-refractivity contribution in [2.45, 2.75) is 12.5 Å². The average Bonchev–Trinajstić information content (AvgIpc) is 2.05. The summed E-state index contributed by atoms with van der Waals surface area (Å²) in [5.74, 6) is -0.935. The van der Waals surface area contributed by atoms with E-state index in [1.165, 1.54) is 12.4 Å². The van der Waals surface area contributed by atoms with E-state index in [2.05, 4.69) is 9.97 Å². The fourth-order valence-corrected chi connectivity index (χ4v) is 0.739. The zero-order valence-corrected chi connectivity index (χ0v) is 6.21. The topological polar surface area (TPSA) is 83.3 Å². The third kappa shape index (κ3) is 2.28. The molecule has 1 heterocycles. The first-order valence-corrected chi connectivity index (χ1v) is 3.37. The number of carboxylic acids is 1. The molecule has 0 radical (unpaired) electrons. The van der Waals surface area contributed by atoms with Crippen molar-refractivity contribution in [2.75, 3.05) is 0 Å². The third-order valence-electron chi connectivity index (χ3n) is 1.25. The highest BCUT2D eigenvalue weighted by molar-refractivity contribution is 5.67. The first kappa shape index (κ1) is 8.61. The Bertz CT molecular complexity index is 263. The Balaban J connectivity index is 2.65. The summed E-state index contributed by atoms with van der Waals surface area (Å²) in [5, 5.41) is 17.5. The zero-order valence-electron chi connectivity index (χ0n) is 6.21. The molecule has 0 aliphatic carbocycles. The van der Waals surface area contributed by atoms with E-state index in [0.29, 0.717) is 0 Å². The normalized spacial score (nSPS) is 12.4. The predicted molar refractivity (Wildman–Crippen MR) is 39.2 cm³/mol. The van der Waals surface area contributed by atoms with Crippen molar-refractivity contribution in [2.24, 2.45) is 0 Å². The molecule has 0 aliphatic heterocycles. The zero-order chi connectivity index (χ0) is 8.97. The minimum absolute atomic E-state index is 0.139. The van der Waals surface area contributed by atoms with Gasteiger partial charge in [-0.05, 0) is 6.07 Å². The molecule has 5 nitrogen and oxygen atoms in total. The van der Waals surface area contributed by atoms with Crippen LogP contribution in [0.25, 0.3) is 0 Å². The first-order valence-electron chi connectivity index (χ1n) is 3.37. The predicted octanol–water partition coefficient (Wildman–Crippen LogP) is -0.0153. The van der Waals surface area contributed by atoms with Crippen LogP contribution in [0.15, 0.2) is 18.5 Å². The number of aliphatic hydroxyl groups excluding tert-OH is 1. The lowest BCUT2D eigenvalue weighted by molar-refractivity contribution is -0.139. The maximum atomic E-state index is 10.2. The van der Waals surface area contributed by atoms with E-state index in [0.717, 1.165) is 0 Å². The van der Waals surface area contributed by atoms with Crippen molar-refractivity contribution in [3.05, 3.63) is 24.3 Å². The summed E-state index contributed by atoms with van der Waals surface area (Å²) in [6.45, 7) is 0. The number of aliphatic carboxylic acids is 1. The Kier molecular flexibility index (Phi) is 2.71. The van der Waals surface area contributed by atoms with Crippen LogP contribution >= 0.6 is 0 Å². The summed E-state index contributed by atoms with van der Waals surface area (Å²) in [4.78, 5) is 17.6. The smallest absolute Gasteiger partial charge is 0.306 e. The minimum Gasteiger partial charge on any atom is -0.481 e. The molecular formula is C7H8N2O3. The molecule has 0 unspecified atom stereocenters. The van der Waals surface area contributed by atoms with Crippen LogP contribution in [-0.2, 0) is 4.79 Å². The lowest BCUT2D eigenvalue weighted by atomic mass is 10.2. The Hall–Kier alpha value is -1.49. The molecule has 12 heavy (non-hydrogen) atoms. The summed E-state index contributed by atoms with van der Waals surface area (Å²) in [6.07, 6.45) is 1.41. The molecule has 1 aromatic heterocycles. The second-order valence-corrected chi connectivity index (χ2v) is 2.22. The standard InChI is InChI=1S/C7H8N2O3/c10-5(4-6(11)12)7-8-2-1-3-9-7/h1-3,5,10H,4H2,(H,11,12)/t5-/m0/s1. The fraction of sp³-hybridized carbons (Fsp3) is 0.286. The van der Waals surface area contributed by atoms with Crippen LogP contribution in [0, 0.1) is 0 Å². The molecule has 0 amide bonds. The SMILES string of the molecule is O=C(O)C[C@H](O)c1ncccn1. The Morgan fingerprint density at radius 1 is 1.50 bits per heavy atom. The van der Waals surface area contributed by atoms with Crippen LogP contribution in [0.3, 0.4) is 0 Å². The average molecular weight is 168 g/mol. The second-order valence-electron chi connectivity index (χ2n) is 2.22. The molecule has 0 saturated carbocycles. The highest BCUT2D eigenvalue weighted by atomic mass is 16.4. The van der Waals surface area contributed by atoms with Crippen molar-refractivity contribution < 1.29 is 15.0 Å². The van der Waals surface area contributed by atoms with Gasteiger partial charge in [0.25, 0.3) is 0 Å². The Morgan fingerprint density at radius 3 is 2.58 bits per heavy atom.